The molecule has 0 saturated heterocycles. The molecule has 0 rings (SSSR count). The van der Waals surface area contributed by atoms with E-state index in [0.717, 1.165) is 5.75 Å². The number of thioether (sulfide) groups is 1. The monoisotopic (exact) mass is 277 g/mol. The van der Waals surface area contributed by atoms with Gasteiger partial charge in [-0.3, -0.25) is 9.69 Å². The number of hydrogen-bond acceptors (Lipinski definition) is 4. The maximum absolute atomic E-state index is 11.9. The average molecular weight is 277 g/mol. The third kappa shape index (κ3) is 7.57. The van der Waals surface area contributed by atoms with E-state index in [-0.39, 0.29) is 5.91 Å². The summed E-state index contributed by atoms with van der Waals surface area (Å²) in [5, 5.41) is 0. The van der Waals surface area contributed by atoms with E-state index in [1.54, 1.807) is 23.7 Å². The molecule has 2 N–H and O–H groups in total. The fourth-order valence-corrected chi connectivity index (χ4v) is 2.09. The van der Waals surface area contributed by atoms with Crippen LogP contribution in [0.25, 0.3) is 0 Å². The molecular weight excluding hydrogens is 254 g/mol. The summed E-state index contributed by atoms with van der Waals surface area (Å²) >= 11 is 6.58. The highest BCUT2D eigenvalue weighted by molar-refractivity contribution is 7.98. The predicted octanol–water partition coefficient (Wildman–Crippen LogP) is 0.804. The number of carbonyl (C=O) groups excluding carboxylic acids is 1. The Labute approximate surface area is 114 Å². The van der Waals surface area contributed by atoms with Crippen molar-refractivity contribution < 1.29 is 4.79 Å². The number of nitrogens with zero attached hydrogens (tertiary/aromatic N) is 2. The van der Waals surface area contributed by atoms with Crippen LogP contribution in [0.3, 0.4) is 0 Å². The Morgan fingerprint density at radius 1 is 1.47 bits per heavy atom. The van der Waals surface area contributed by atoms with Gasteiger partial charge in [0.1, 0.15) is 0 Å². The summed E-state index contributed by atoms with van der Waals surface area (Å²) in [4.78, 5) is 16.1. The van der Waals surface area contributed by atoms with Gasteiger partial charge < -0.3 is 10.6 Å². The van der Waals surface area contributed by atoms with Crippen molar-refractivity contribution in [2.75, 3.05) is 39.2 Å². The van der Waals surface area contributed by atoms with Gasteiger partial charge in [-0.15, -0.1) is 0 Å². The zero-order valence-corrected chi connectivity index (χ0v) is 12.7. The van der Waals surface area contributed by atoms with Crippen LogP contribution in [0, 0.1) is 0 Å². The molecule has 4 nitrogen and oxygen atoms in total. The molecule has 6 heteroatoms. The number of amides is 1. The van der Waals surface area contributed by atoms with Gasteiger partial charge >= 0.3 is 0 Å². The second kappa shape index (κ2) is 8.72. The van der Waals surface area contributed by atoms with Crippen LogP contribution in [0.4, 0.5) is 0 Å². The molecule has 0 spiro atoms. The predicted molar refractivity (Wildman–Crippen MR) is 79.5 cm³/mol. The normalized spacial score (nSPS) is 12.5. The molecule has 0 aliphatic rings. The fourth-order valence-electron chi connectivity index (χ4n) is 1.26. The van der Waals surface area contributed by atoms with Gasteiger partial charge in [-0.05, 0) is 20.2 Å². The number of likely N-dealkylation sites (N-methyl/N-ethyl adjacent to an activating group) is 2. The lowest BCUT2D eigenvalue weighted by atomic mass is 10.3. The van der Waals surface area contributed by atoms with Gasteiger partial charge in [0.2, 0.25) is 5.91 Å². The van der Waals surface area contributed by atoms with Crippen LogP contribution in [0.1, 0.15) is 13.3 Å². The van der Waals surface area contributed by atoms with Gasteiger partial charge in [-0.25, -0.2) is 0 Å². The third-order valence-corrected chi connectivity index (χ3v) is 3.68. The van der Waals surface area contributed by atoms with Gasteiger partial charge in [-0.1, -0.05) is 12.2 Å². The molecule has 0 aromatic carbocycles. The molecule has 0 bridgehead atoms. The van der Waals surface area contributed by atoms with Gasteiger partial charge in [0.05, 0.1) is 11.5 Å². The van der Waals surface area contributed by atoms with Crippen LogP contribution < -0.4 is 5.73 Å². The maximum Gasteiger partial charge on any atom is 0.236 e. The summed E-state index contributed by atoms with van der Waals surface area (Å²) in [6, 6.07) is 0.401. The minimum absolute atomic E-state index is 0.108. The zero-order chi connectivity index (χ0) is 13.4. The lowest BCUT2D eigenvalue weighted by Crippen LogP contribution is -2.41. The van der Waals surface area contributed by atoms with E-state index in [1.165, 1.54) is 0 Å². The largest absolute Gasteiger partial charge is 0.393 e. The van der Waals surface area contributed by atoms with E-state index in [0.29, 0.717) is 30.5 Å². The second-order valence-electron chi connectivity index (χ2n) is 4.25. The van der Waals surface area contributed by atoms with Gasteiger partial charge in [0.25, 0.3) is 0 Å². The number of rotatable bonds is 8. The summed E-state index contributed by atoms with van der Waals surface area (Å²) in [7, 11) is 3.76. The van der Waals surface area contributed by atoms with Crippen LogP contribution in [0.5, 0.6) is 0 Å². The molecule has 100 valence electrons. The molecule has 0 heterocycles. The molecule has 1 amide bonds. The Kier molecular flexibility index (Phi) is 8.55. The smallest absolute Gasteiger partial charge is 0.236 e. The van der Waals surface area contributed by atoms with Gasteiger partial charge in [-0.2, -0.15) is 11.8 Å². The van der Waals surface area contributed by atoms with Crippen molar-refractivity contribution in [1.82, 2.24) is 9.80 Å². The molecule has 0 aromatic rings. The van der Waals surface area contributed by atoms with Crippen molar-refractivity contribution in [2.45, 2.75) is 19.4 Å². The van der Waals surface area contributed by atoms with Crippen molar-refractivity contribution in [3.05, 3.63) is 0 Å². The van der Waals surface area contributed by atoms with E-state index >= 15 is 0 Å². The van der Waals surface area contributed by atoms with Crippen LogP contribution in [0.2, 0.25) is 0 Å². The van der Waals surface area contributed by atoms with Crippen LogP contribution in [-0.4, -0.2) is 65.9 Å². The number of thiocarbonyl (C=S) groups is 1. The minimum Gasteiger partial charge on any atom is -0.393 e. The van der Waals surface area contributed by atoms with Crippen molar-refractivity contribution >= 4 is 34.9 Å². The first-order valence-corrected chi connectivity index (χ1v) is 7.40. The first-order valence-electron chi connectivity index (χ1n) is 5.60. The first-order chi connectivity index (χ1) is 7.88. The first kappa shape index (κ1) is 16.7. The molecule has 0 fully saturated rings. The minimum atomic E-state index is 0.108. The summed E-state index contributed by atoms with van der Waals surface area (Å²) in [5.41, 5.74) is 5.41. The molecular formula is C11H23N3OS2. The van der Waals surface area contributed by atoms with E-state index in [1.807, 2.05) is 7.05 Å². The number of nitrogens with two attached hydrogens (primary N) is 1. The van der Waals surface area contributed by atoms with E-state index in [4.69, 9.17) is 18.0 Å². The third-order valence-electron chi connectivity index (χ3n) is 2.66. The highest BCUT2D eigenvalue weighted by atomic mass is 32.2. The van der Waals surface area contributed by atoms with Gasteiger partial charge in [0.15, 0.2) is 0 Å². The molecule has 0 aliphatic heterocycles. The SMILES string of the molecule is CSCC(C)N(C)CC(=O)N(C)CCC(N)=S. The van der Waals surface area contributed by atoms with E-state index in [2.05, 4.69) is 18.1 Å². The topological polar surface area (TPSA) is 49.6 Å². The molecule has 0 aromatic heterocycles. The Balaban J connectivity index is 4.02. The lowest BCUT2D eigenvalue weighted by molar-refractivity contribution is -0.131. The summed E-state index contributed by atoms with van der Waals surface area (Å²) in [5.74, 6) is 1.14. The van der Waals surface area contributed by atoms with Crippen molar-refractivity contribution in [2.24, 2.45) is 5.73 Å². The number of carbonyl (C=O) groups is 1. The van der Waals surface area contributed by atoms with Crippen LogP contribution in [-0.2, 0) is 4.79 Å². The molecule has 0 aliphatic carbocycles. The molecule has 17 heavy (non-hydrogen) atoms. The molecule has 1 unspecified atom stereocenters. The lowest BCUT2D eigenvalue weighted by Gasteiger charge is -2.26. The quantitative estimate of drug-likeness (QED) is 0.665. The Morgan fingerprint density at radius 2 is 2.06 bits per heavy atom. The van der Waals surface area contributed by atoms with Crippen LogP contribution >= 0.6 is 24.0 Å². The highest BCUT2D eigenvalue weighted by Gasteiger charge is 2.15. The molecule has 0 radical (unpaired) electrons. The second-order valence-corrected chi connectivity index (χ2v) is 5.69. The van der Waals surface area contributed by atoms with Gasteiger partial charge in [0, 0.05) is 31.8 Å². The Morgan fingerprint density at radius 3 is 2.53 bits per heavy atom. The molecule has 0 saturated carbocycles. The van der Waals surface area contributed by atoms with Crippen molar-refractivity contribution in [3.8, 4) is 0 Å². The summed E-state index contributed by atoms with van der Waals surface area (Å²) in [6.07, 6.45) is 2.65. The molecule has 1 atom stereocenters. The maximum atomic E-state index is 11.9. The average Bonchev–Trinajstić information content (AvgIpc) is 2.25. The highest BCUT2D eigenvalue weighted by Crippen LogP contribution is 2.04. The fraction of sp³-hybridized carbons (Fsp3) is 0.818. The standard InChI is InChI=1S/C11H23N3OS2/c1-9(8-17-4)14(3)7-11(15)13(2)6-5-10(12)16/h9H,5-8H2,1-4H3,(H2,12,16). The summed E-state index contributed by atoms with van der Waals surface area (Å²) < 4.78 is 0. The Bertz CT molecular complexity index is 261. The van der Waals surface area contributed by atoms with Crippen molar-refractivity contribution in [1.29, 1.82) is 0 Å². The van der Waals surface area contributed by atoms with Crippen molar-refractivity contribution in [3.63, 3.8) is 0 Å². The van der Waals surface area contributed by atoms with Crippen LogP contribution in [0.15, 0.2) is 0 Å². The Hall–Kier alpha value is -0.330. The number of hydrogen-bond donors (Lipinski definition) is 1. The summed E-state index contributed by atoms with van der Waals surface area (Å²) in [6.45, 7) is 3.16. The van der Waals surface area contributed by atoms with E-state index < -0.39 is 0 Å². The zero-order valence-electron chi connectivity index (χ0n) is 11.1. The van der Waals surface area contributed by atoms with E-state index in [9.17, 15) is 4.79 Å².